The number of benzene rings is 3. The second-order valence-electron chi connectivity index (χ2n) is 6.14. The van der Waals surface area contributed by atoms with Crippen molar-refractivity contribution in [1.29, 1.82) is 0 Å². The first kappa shape index (κ1) is 17.3. The Bertz CT molecular complexity index is 1090. The van der Waals surface area contributed by atoms with Crippen molar-refractivity contribution in [3.63, 3.8) is 0 Å². The number of hydrogen-bond donors (Lipinski definition) is 1. The summed E-state index contributed by atoms with van der Waals surface area (Å²) in [6.45, 7) is 2.02. The zero-order valence-corrected chi connectivity index (χ0v) is 15.5. The number of nitrogens with zero attached hydrogens (tertiary/aromatic N) is 2. The Balaban J connectivity index is 1.37. The van der Waals surface area contributed by atoms with Gasteiger partial charge in [-0.2, -0.15) is 0 Å². The van der Waals surface area contributed by atoms with Crippen molar-refractivity contribution >= 4 is 34.1 Å². The Morgan fingerprint density at radius 3 is 2.59 bits per heavy atom. The minimum absolute atomic E-state index is 0.120. The molecule has 4 rings (SSSR count). The number of nitrogens with one attached hydrogen (secondary N) is 1. The lowest BCUT2D eigenvalue weighted by Crippen LogP contribution is -2.13. The van der Waals surface area contributed by atoms with E-state index in [1.165, 1.54) is 17.3 Å². The Kier molecular flexibility index (Phi) is 4.89. The van der Waals surface area contributed by atoms with Crippen LogP contribution in [0, 0.1) is 6.92 Å². The summed E-state index contributed by atoms with van der Waals surface area (Å²) in [6.07, 6.45) is 0. The fraction of sp³-hybridized carbons (Fsp3) is 0.0952. The van der Waals surface area contributed by atoms with E-state index < -0.39 is 0 Å². The lowest BCUT2D eigenvalue weighted by molar-refractivity contribution is -0.113. The molecule has 0 unspecified atom stereocenters. The van der Waals surface area contributed by atoms with Crippen molar-refractivity contribution in [2.75, 3.05) is 11.1 Å². The number of anilines is 1. The minimum atomic E-state index is -0.120. The average molecular weight is 375 g/mol. The molecule has 0 saturated carbocycles. The Morgan fingerprint density at radius 1 is 1.00 bits per heavy atom. The summed E-state index contributed by atoms with van der Waals surface area (Å²) < 4.78 is 5.63. The first-order valence-corrected chi connectivity index (χ1v) is 9.48. The Labute approximate surface area is 160 Å². The number of rotatable bonds is 5. The van der Waals surface area contributed by atoms with E-state index >= 15 is 0 Å². The Morgan fingerprint density at radius 2 is 1.78 bits per heavy atom. The molecule has 0 aliphatic rings. The van der Waals surface area contributed by atoms with E-state index in [1.54, 1.807) is 0 Å². The summed E-state index contributed by atoms with van der Waals surface area (Å²) in [5, 5.41) is 13.5. The third-order valence-corrected chi connectivity index (χ3v) is 4.88. The maximum absolute atomic E-state index is 12.2. The van der Waals surface area contributed by atoms with Gasteiger partial charge < -0.3 is 9.73 Å². The van der Waals surface area contributed by atoms with Gasteiger partial charge in [0.25, 0.3) is 5.22 Å². The van der Waals surface area contributed by atoms with Crippen LogP contribution in [0.3, 0.4) is 0 Å². The van der Waals surface area contributed by atoms with Crippen molar-refractivity contribution in [2.45, 2.75) is 12.1 Å². The molecular formula is C21H17N3O2S. The van der Waals surface area contributed by atoms with Gasteiger partial charge in [-0.3, -0.25) is 4.79 Å². The molecule has 4 aromatic rings. The molecule has 0 saturated heterocycles. The normalized spacial score (nSPS) is 10.9. The second kappa shape index (κ2) is 7.63. The van der Waals surface area contributed by atoms with E-state index in [4.69, 9.17) is 4.42 Å². The summed E-state index contributed by atoms with van der Waals surface area (Å²) in [4.78, 5) is 12.2. The van der Waals surface area contributed by atoms with E-state index in [1.807, 2.05) is 73.7 Å². The van der Waals surface area contributed by atoms with Crippen LogP contribution in [0.4, 0.5) is 5.69 Å². The summed E-state index contributed by atoms with van der Waals surface area (Å²) in [5.41, 5.74) is 2.80. The molecule has 1 heterocycles. The number of amides is 1. The van der Waals surface area contributed by atoms with Crippen LogP contribution in [0.1, 0.15) is 5.56 Å². The standard InChI is InChI=1S/C21H17N3O2S/c1-14-6-8-16(9-7-14)20-23-24-21(26-20)27-13-19(25)22-18-11-10-15-4-2-3-5-17(15)12-18/h2-12H,13H2,1H3,(H,22,25). The van der Waals surface area contributed by atoms with Crippen LogP contribution in [0.15, 0.2) is 76.4 Å². The van der Waals surface area contributed by atoms with Gasteiger partial charge in [0.15, 0.2) is 0 Å². The molecule has 27 heavy (non-hydrogen) atoms. The quantitative estimate of drug-likeness (QED) is 0.501. The maximum Gasteiger partial charge on any atom is 0.277 e. The molecule has 0 atom stereocenters. The number of aromatic nitrogens is 2. The zero-order chi connectivity index (χ0) is 18.6. The molecule has 3 aromatic carbocycles. The largest absolute Gasteiger partial charge is 0.411 e. The smallest absolute Gasteiger partial charge is 0.277 e. The van der Waals surface area contributed by atoms with Crippen LogP contribution >= 0.6 is 11.8 Å². The van der Waals surface area contributed by atoms with E-state index in [-0.39, 0.29) is 11.7 Å². The summed E-state index contributed by atoms with van der Waals surface area (Å²) in [6, 6.07) is 21.7. The number of carbonyl (C=O) groups is 1. The molecule has 0 fully saturated rings. The molecule has 0 aliphatic carbocycles. The SMILES string of the molecule is Cc1ccc(-c2nnc(SCC(=O)Nc3ccc4ccccc4c3)o2)cc1. The summed E-state index contributed by atoms with van der Waals surface area (Å²) in [5.74, 6) is 0.528. The second-order valence-corrected chi connectivity index (χ2v) is 7.06. The van der Waals surface area contributed by atoms with Gasteiger partial charge in [-0.25, -0.2) is 0 Å². The van der Waals surface area contributed by atoms with Crippen LogP contribution in [0.5, 0.6) is 0 Å². The number of carbonyl (C=O) groups excluding carboxylic acids is 1. The molecule has 0 aliphatic heterocycles. The van der Waals surface area contributed by atoms with Gasteiger partial charge in [0.05, 0.1) is 5.75 Å². The van der Waals surface area contributed by atoms with Crippen molar-refractivity contribution in [3.8, 4) is 11.5 Å². The van der Waals surface area contributed by atoms with E-state index in [0.717, 1.165) is 22.0 Å². The van der Waals surface area contributed by atoms with Crippen LogP contribution < -0.4 is 5.32 Å². The number of thioether (sulfide) groups is 1. The predicted molar refractivity (Wildman–Crippen MR) is 108 cm³/mol. The Hall–Kier alpha value is -3.12. The highest BCUT2D eigenvalue weighted by Crippen LogP contribution is 2.24. The highest BCUT2D eigenvalue weighted by atomic mass is 32.2. The van der Waals surface area contributed by atoms with Gasteiger partial charge in [-0.05, 0) is 42.0 Å². The van der Waals surface area contributed by atoms with Crippen LogP contribution in [-0.2, 0) is 4.79 Å². The van der Waals surface area contributed by atoms with Crippen LogP contribution in [-0.4, -0.2) is 21.9 Å². The molecule has 1 amide bonds. The highest BCUT2D eigenvalue weighted by Gasteiger charge is 2.11. The number of aryl methyl sites for hydroxylation is 1. The van der Waals surface area contributed by atoms with E-state index in [9.17, 15) is 4.79 Å². The van der Waals surface area contributed by atoms with Gasteiger partial charge in [-0.15, -0.1) is 10.2 Å². The number of fused-ring (bicyclic) bond motifs is 1. The summed E-state index contributed by atoms with van der Waals surface area (Å²) in [7, 11) is 0. The molecule has 0 bridgehead atoms. The van der Waals surface area contributed by atoms with Crippen molar-refractivity contribution in [1.82, 2.24) is 10.2 Å². The van der Waals surface area contributed by atoms with Crippen molar-refractivity contribution in [3.05, 3.63) is 72.3 Å². The fourth-order valence-corrected chi connectivity index (χ4v) is 3.24. The van der Waals surface area contributed by atoms with E-state index in [0.29, 0.717) is 11.1 Å². The van der Waals surface area contributed by atoms with Gasteiger partial charge in [0, 0.05) is 11.3 Å². The molecule has 0 radical (unpaired) electrons. The number of hydrogen-bond acceptors (Lipinski definition) is 5. The monoisotopic (exact) mass is 375 g/mol. The lowest BCUT2D eigenvalue weighted by Gasteiger charge is -2.05. The topological polar surface area (TPSA) is 68.0 Å². The fourth-order valence-electron chi connectivity index (χ4n) is 2.67. The van der Waals surface area contributed by atoms with Crippen LogP contribution in [0.25, 0.3) is 22.2 Å². The molecular weight excluding hydrogens is 358 g/mol. The van der Waals surface area contributed by atoms with Gasteiger partial charge >= 0.3 is 0 Å². The first-order valence-electron chi connectivity index (χ1n) is 8.49. The van der Waals surface area contributed by atoms with Gasteiger partial charge in [-0.1, -0.05) is 59.8 Å². The van der Waals surface area contributed by atoms with Crippen molar-refractivity contribution < 1.29 is 9.21 Å². The zero-order valence-electron chi connectivity index (χ0n) is 14.7. The first-order chi connectivity index (χ1) is 13.2. The van der Waals surface area contributed by atoms with Gasteiger partial charge in [0.1, 0.15) is 0 Å². The summed E-state index contributed by atoms with van der Waals surface area (Å²) >= 11 is 1.22. The van der Waals surface area contributed by atoms with E-state index in [2.05, 4.69) is 15.5 Å². The molecule has 5 nitrogen and oxygen atoms in total. The van der Waals surface area contributed by atoms with Crippen molar-refractivity contribution in [2.24, 2.45) is 0 Å². The van der Waals surface area contributed by atoms with Crippen LogP contribution in [0.2, 0.25) is 0 Å². The average Bonchev–Trinajstić information content (AvgIpc) is 3.16. The molecule has 1 aromatic heterocycles. The third-order valence-electron chi connectivity index (χ3n) is 4.06. The molecule has 6 heteroatoms. The minimum Gasteiger partial charge on any atom is -0.411 e. The van der Waals surface area contributed by atoms with Gasteiger partial charge in [0.2, 0.25) is 11.8 Å². The molecule has 134 valence electrons. The maximum atomic E-state index is 12.2. The predicted octanol–water partition coefficient (Wildman–Crippen LogP) is 4.93. The highest BCUT2D eigenvalue weighted by molar-refractivity contribution is 7.99. The molecule has 0 spiro atoms. The lowest BCUT2D eigenvalue weighted by atomic mass is 10.1. The third kappa shape index (κ3) is 4.17. The molecule has 1 N–H and O–H groups in total.